The van der Waals surface area contributed by atoms with Crippen LogP contribution in [-0.2, 0) is 0 Å². The van der Waals surface area contributed by atoms with Crippen molar-refractivity contribution in [2.75, 3.05) is 6.54 Å². The first kappa shape index (κ1) is 15.0. The molecule has 1 saturated carbocycles. The molecule has 3 heteroatoms. The minimum atomic E-state index is -0.271. The molecule has 0 heterocycles. The van der Waals surface area contributed by atoms with Crippen LogP contribution < -0.4 is 5.32 Å². The summed E-state index contributed by atoms with van der Waals surface area (Å²) in [5.41, 5.74) is 1.72. The van der Waals surface area contributed by atoms with Gasteiger partial charge in [0.1, 0.15) is 0 Å². The van der Waals surface area contributed by atoms with Gasteiger partial charge in [-0.15, -0.1) is 0 Å². The molecular weight excluding hydrogens is 250 g/mol. The van der Waals surface area contributed by atoms with E-state index in [9.17, 15) is 9.90 Å². The molecule has 0 unspecified atom stereocenters. The molecular formula is C17H25NO2. The summed E-state index contributed by atoms with van der Waals surface area (Å²) >= 11 is 0. The molecule has 2 atom stereocenters. The zero-order chi connectivity index (χ0) is 14.4. The number of aryl methyl sites for hydroxylation is 1. The predicted molar refractivity (Wildman–Crippen MR) is 80.7 cm³/mol. The Morgan fingerprint density at radius 2 is 1.90 bits per heavy atom. The molecule has 0 radical (unpaired) electrons. The molecule has 2 N–H and O–H groups in total. The second kappa shape index (κ2) is 7.44. The number of rotatable bonds is 3. The number of hydrogen-bond donors (Lipinski definition) is 2. The van der Waals surface area contributed by atoms with Crippen molar-refractivity contribution in [2.24, 2.45) is 5.92 Å². The fraction of sp³-hybridized carbons (Fsp3) is 0.588. The van der Waals surface area contributed by atoms with Crippen LogP contribution in [0.25, 0.3) is 0 Å². The van der Waals surface area contributed by atoms with Crippen LogP contribution in [0.1, 0.15) is 54.4 Å². The van der Waals surface area contributed by atoms with E-state index < -0.39 is 0 Å². The lowest BCUT2D eigenvalue weighted by molar-refractivity contribution is 0.0766. The number of nitrogens with one attached hydrogen (secondary N) is 1. The molecule has 1 amide bonds. The molecule has 1 aromatic carbocycles. The Morgan fingerprint density at radius 1 is 1.20 bits per heavy atom. The summed E-state index contributed by atoms with van der Waals surface area (Å²) in [7, 11) is 0. The Balaban J connectivity index is 1.90. The van der Waals surface area contributed by atoms with E-state index in [1.165, 1.54) is 12.8 Å². The molecule has 3 nitrogen and oxygen atoms in total. The molecule has 110 valence electrons. The molecule has 0 saturated heterocycles. The van der Waals surface area contributed by atoms with Crippen molar-refractivity contribution < 1.29 is 9.90 Å². The van der Waals surface area contributed by atoms with Crippen molar-refractivity contribution >= 4 is 5.91 Å². The highest BCUT2D eigenvalue weighted by Crippen LogP contribution is 2.22. The van der Waals surface area contributed by atoms with Crippen molar-refractivity contribution in [1.82, 2.24) is 5.32 Å². The normalized spacial score (nSPS) is 23.7. The Morgan fingerprint density at radius 3 is 2.65 bits per heavy atom. The molecule has 0 aliphatic heterocycles. The highest BCUT2D eigenvalue weighted by molar-refractivity contribution is 5.95. The monoisotopic (exact) mass is 275 g/mol. The van der Waals surface area contributed by atoms with Gasteiger partial charge >= 0.3 is 0 Å². The molecule has 1 fully saturated rings. The van der Waals surface area contributed by atoms with Gasteiger partial charge in [0.15, 0.2) is 0 Å². The number of amides is 1. The Kier molecular flexibility index (Phi) is 5.60. The summed E-state index contributed by atoms with van der Waals surface area (Å²) in [5, 5.41) is 13.1. The second-order valence-electron chi connectivity index (χ2n) is 5.84. The summed E-state index contributed by atoms with van der Waals surface area (Å²) in [6.45, 7) is 2.52. The van der Waals surface area contributed by atoms with Crippen molar-refractivity contribution in [3.63, 3.8) is 0 Å². The first-order valence-electron chi connectivity index (χ1n) is 7.70. The first-order chi connectivity index (χ1) is 9.68. The third-order valence-corrected chi connectivity index (χ3v) is 4.28. The van der Waals surface area contributed by atoms with Crippen LogP contribution in [0.15, 0.2) is 24.3 Å². The van der Waals surface area contributed by atoms with Gasteiger partial charge in [0, 0.05) is 18.0 Å². The van der Waals surface area contributed by atoms with E-state index in [1.54, 1.807) is 0 Å². The largest absolute Gasteiger partial charge is 0.393 e. The molecule has 2 rings (SSSR count). The highest BCUT2D eigenvalue weighted by atomic mass is 16.3. The topological polar surface area (TPSA) is 49.3 Å². The fourth-order valence-electron chi connectivity index (χ4n) is 2.93. The maximum Gasteiger partial charge on any atom is 0.251 e. The van der Waals surface area contributed by atoms with Gasteiger partial charge < -0.3 is 10.4 Å². The smallest absolute Gasteiger partial charge is 0.251 e. The second-order valence-corrected chi connectivity index (χ2v) is 5.84. The van der Waals surface area contributed by atoms with Gasteiger partial charge in [0.05, 0.1) is 6.10 Å². The van der Waals surface area contributed by atoms with Gasteiger partial charge in [-0.05, 0) is 31.4 Å². The quantitative estimate of drug-likeness (QED) is 0.890. The maximum atomic E-state index is 12.2. The van der Waals surface area contributed by atoms with Gasteiger partial charge in [-0.2, -0.15) is 0 Å². The number of aliphatic hydroxyl groups is 1. The van der Waals surface area contributed by atoms with Crippen LogP contribution in [0.5, 0.6) is 0 Å². The number of carbonyl (C=O) groups excluding carboxylic acids is 1. The van der Waals surface area contributed by atoms with E-state index in [4.69, 9.17) is 0 Å². The van der Waals surface area contributed by atoms with Crippen LogP contribution >= 0.6 is 0 Å². The fourth-order valence-corrected chi connectivity index (χ4v) is 2.93. The summed E-state index contributed by atoms with van der Waals surface area (Å²) in [6, 6.07) is 7.61. The maximum absolute atomic E-state index is 12.2. The zero-order valence-electron chi connectivity index (χ0n) is 12.3. The minimum Gasteiger partial charge on any atom is -0.393 e. The van der Waals surface area contributed by atoms with Crippen molar-refractivity contribution in [3.05, 3.63) is 35.4 Å². The molecule has 20 heavy (non-hydrogen) atoms. The van der Waals surface area contributed by atoms with E-state index in [0.717, 1.165) is 36.8 Å². The average molecular weight is 275 g/mol. The molecule has 1 aromatic rings. The zero-order valence-corrected chi connectivity index (χ0v) is 12.3. The Labute approximate surface area is 121 Å². The van der Waals surface area contributed by atoms with Crippen LogP contribution in [0.2, 0.25) is 0 Å². The molecule has 0 bridgehead atoms. The lowest BCUT2D eigenvalue weighted by atomic mass is 9.88. The lowest BCUT2D eigenvalue weighted by Gasteiger charge is -2.25. The van der Waals surface area contributed by atoms with Crippen LogP contribution in [0, 0.1) is 12.8 Å². The first-order valence-corrected chi connectivity index (χ1v) is 7.70. The van der Waals surface area contributed by atoms with E-state index in [-0.39, 0.29) is 17.9 Å². The molecule has 1 aliphatic carbocycles. The SMILES string of the molecule is Cc1ccccc1C(=O)NC[C@H]1CCCCCC[C@H]1O. The Bertz CT molecular complexity index is 444. The third kappa shape index (κ3) is 4.07. The van der Waals surface area contributed by atoms with Gasteiger partial charge in [0.25, 0.3) is 5.91 Å². The van der Waals surface area contributed by atoms with Gasteiger partial charge in [-0.3, -0.25) is 4.79 Å². The summed E-state index contributed by atoms with van der Waals surface area (Å²) in [4.78, 5) is 12.2. The molecule has 1 aliphatic rings. The minimum absolute atomic E-state index is 0.0302. The summed E-state index contributed by atoms with van der Waals surface area (Å²) < 4.78 is 0. The van der Waals surface area contributed by atoms with Gasteiger partial charge in [-0.1, -0.05) is 43.9 Å². The summed E-state index contributed by atoms with van der Waals surface area (Å²) in [5.74, 6) is 0.167. The summed E-state index contributed by atoms with van der Waals surface area (Å²) in [6.07, 6.45) is 6.33. The highest BCUT2D eigenvalue weighted by Gasteiger charge is 2.21. The number of aliphatic hydroxyl groups excluding tert-OH is 1. The van der Waals surface area contributed by atoms with E-state index >= 15 is 0 Å². The number of hydrogen-bond acceptors (Lipinski definition) is 2. The van der Waals surface area contributed by atoms with Crippen LogP contribution in [-0.4, -0.2) is 23.7 Å². The van der Waals surface area contributed by atoms with Crippen molar-refractivity contribution in [3.8, 4) is 0 Å². The van der Waals surface area contributed by atoms with Gasteiger partial charge in [0.2, 0.25) is 0 Å². The van der Waals surface area contributed by atoms with Crippen molar-refractivity contribution in [1.29, 1.82) is 0 Å². The van der Waals surface area contributed by atoms with Crippen molar-refractivity contribution in [2.45, 2.75) is 51.6 Å². The lowest BCUT2D eigenvalue weighted by Crippen LogP contribution is -2.35. The van der Waals surface area contributed by atoms with Crippen LogP contribution in [0.4, 0.5) is 0 Å². The van der Waals surface area contributed by atoms with E-state index in [1.807, 2.05) is 31.2 Å². The molecule has 0 aromatic heterocycles. The Hall–Kier alpha value is -1.35. The van der Waals surface area contributed by atoms with Gasteiger partial charge in [-0.25, -0.2) is 0 Å². The third-order valence-electron chi connectivity index (χ3n) is 4.28. The number of carbonyl (C=O) groups is 1. The van der Waals surface area contributed by atoms with E-state index in [0.29, 0.717) is 6.54 Å². The number of benzene rings is 1. The van der Waals surface area contributed by atoms with E-state index in [2.05, 4.69) is 5.32 Å². The standard InChI is InChI=1S/C17H25NO2/c1-13-8-6-7-10-15(13)17(20)18-12-14-9-4-2-3-5-11-16(14)19/h6-8,10,14,16,19H,2-5,9,11-12H2,1H3,(H,18,20)/t14-,16-/m1/s1. The van der Waals surface area contributed by atoms with Crippen LogP contribution in [0.3, 0.4) is 0 Å². The molecule has 0 spiro atoms. The average Bonchev–Trinajstić information content (AvgIpc) is 2.43. The predicted octanol–water partition coefficient (Wildman–Crippen LogP) is 3.06.